The zero-order valence-corrected chi connectivity index (χ0v) is 8.85. The van der Waals surface area contributed by atoms with Crippen LogP contribution < -0.4 is 0 Å². The van der Waals surface area contributed by atoms with Crippen LogP contribution in [0.5, 0.6) is 0 Å². The van der Waals surface area contributed by atoms with Gasteiger partial charge in [0, 0.05) is 11.4 Å². The van der Waals surface area contributed by atoms with Gasteiger partial charge in [-0.15, -0.1) is 0 Å². The van der Waals surface area contributed by atoms with Crippen molar-refractivity contribution in [3.05, 3.63) is 44.7 Å². The highest BCUT2D eigenvalue weighted by Crippen LogP contribution is 2.31. The number of nitrogens with zero attached hydrogens (tertiary/aromatic N) is 1. The van der Waals surface area contributed by atoms with E-state index in [1.54, 1.807) is 6.07 Å². The van der Waals surface area contributed by atoms with E-state index in [2.05, 4.69) is 20.8 Å². The Morgan fingerprint density at radius 3 is 2.75 bits per heavy atom. The van der Waals surface area contributed by atoms with Crippen molar-refractivity contribution in [1.82, 2.24) is 0 Å². The number of benzene rings is 1. The normalized spacial score (nSPS) is 12.2. The van der Waals surface area contributed by atoms with Gasteiger partial charge in [-0.2, -0.15) is 0 Å². The summed E-state index contributed by atoms with van der Waals surface area (Å²) in [5.41, 5.74) is 0.870. The van der Waals surface area contributed by atoms with Gasteiger partial charge < -0.3 is 4.85 Å². The summed E-state index contributed by atoms with van der Waals surface area (Å²) in [6.07, 6.45) is 0. The smallest absolute Gasteiger partial charge is 0.248 e. The van der Waals surface area contributed by atoms with E-state index >= 15 is 0 Å². The zero-order valence-electron chi connectivity index (χ0n) is 6.51. The van der Waals surface area contributed by atoms with Gasteiger partial charge in [-0.1, -0.05) is 33.6 Å². The predicted molar refractivity (Wildman–Crippen MR) is 54.2 cm³/mol. The third-order valence-corrected chi connectivity index (χ3v) is 2.63. The number of hydrogen-bond donors (Lipinski definition) is 0. The van der Waals surface area contributed by atoms with Crippen LogP contribution in [0.2, 0.25) is 5.02 Å². The summed E-state index contributed by atoms with van der Waals surface area (Å²) in [7, 11) is 0. The third-order valence-electron chi connectivity index (χ3n) is 1.61. The van der Waals surface area contributed by atoms with Crippen LogP contribution in [0.1, 0.15) is 18.5 Å². The second-order valence-electron chi connectivity index (χ2n) is 2.44. The quantitative estimate of drug-likeness (QED) is 0.656. The van der Waals surface area contributed by atoms with Crippen molar-refractivity contribution in [3.8, 4) is 0 Å². The zero-order chi connectivity index (χ0) is 9.14. The Labute approximate surface area is 85.3 Å². The molecule has 1 rings (SSSR count). The highest BCUT2D eigenvalue weighted by atomic mass is 79.9. The fraction of sp³-hybridized carbons (Fsp3) is 0.222. The standard InChI is InChI=1S/C9H7BrClN/c1-6(12-2)9-7(10)4-3-5-8(9)11/h3-6H,1H3. The molecule has 0 aliphatic carbocycles. The minimum Gasteiger partial charge on any atom is -0.309 e. The molecular formula is C9H7BrClN. The lowest BCUT2D eigenvalue weighted by Crippen LogP contribution is -1.89. The summed E-state index contributed by atoms with van der Waals surface area (Å²) in [5, 5.41) is 0.646. The molecule has 0 aliphatic heterocycles. The summed E-state index contributed by atoms with van der Waals surface area (Å²) in [4.78, 5) is 3.42. The number of hydrogen-bond acceptors (Lipinski definition) is 0. The molecule has 1 atom stereocenters. The fourth-order valence-electron chi connectivity index (χ4n) is 0.974. The molecule has 0 radical (unpaired) electrons. The molecule has 1 aromatic carbocycles. The Hall–Kier alpha value is -0.520. The molecule has 0 fully saturated rings. The second-order valence-corrected chi connectivity index (χ2v) is 3.70. The van der Waals surface area contributed by atoms with Crippen LogP contribution in [0.3, 0.4) is 0 Å². The summed E-state index contributed by atoms with van der Waals surface area (Å²) < 4.78 is 0.901. The van der Waals surface area contributed by atoms with Gasteiger partial charge in [-0.25, -0.2) is 6.57 Å². The highest BCUT2D eigenvalue weighted by Gasteiger charge is 2.15. The molecular weight excluding hydrogens is 237 g/mol. The first-order valence-electron chi connectivity index (χ1n) is 3.47. The average molecular weight is 245 g/mol. The first-order valence-corrected chi connectivity index (χ1v) is 4.64. The maximum atomic E-state index is 6.88. The van der Waals surface area contributed by atoms with Crippen LogP contribution in [-0.4, -0.2) is 0 Å². The molecule has 0 aromatic heterocycles. The molecule has 1 unspecified atom stereocenters. The van der Waals surface area contributed by atoms with Crippen LogP contribution >= 0.6 is 27.5 Å². The van der Waals surface area contributed by atoms with Crippen LogP contribution in [0, 0.1) is 6.57 Å². The Morgan fingerprint density at radius 2 is 2.25 bits per heavy atom. The van der Waals surface area contributed by atoms with Gasteiger partial charge in [-0.3, -0.25) is 0 Å². The topological polar surface area (TPSA) is 4.36 Å². The molecule has 0 aliphatic rings. The van der Waals surface area contributed by atoms with Gasteiger partial charge >= 0.3 is 0 Å². The lowest BCUT2D eigenvalue weighted by atomic mass is 10.1. The summed E-state index contributed by atoms with van der Waals surface area (Å²) in [6, 6.07) is 5.35. The summed E-state index contributed by atoms with van der Waals surface area (Å²) in [5.74, 6) is 0. The van der Waals surface area contributed by atoms with Crippen molar-refractivity contribution in [2.24, 2.45) is 0 Å². The molecule has 0 saturated heterocycles. The van der Waals surface area contributed by atoms with Crippen LogP contribution in [0.4, 0.5) is 0 Å². The number of rotatable bonds is 1. The van der Waals surface area contributed by atoms with Crippen molar-refractivity contribution in [2.75, 3.05) is 0 Å². The predicted octanol–water partition coefficient (Wildman–Crippen LogP) is 4.08. The van der Waals surface area contributed by atoms with Crippen molar-refractivity contribution in [3.63, 3.8) is 0 Å². The number of halogens is 2. The lowest BCUT2D eigenvalue weighted by Gasteiger charge is -2.04. The summed E-state index contributed by atoms with van der Waals surface area (Å²) >= 11 is 9.29. The molecule has 0 bridgehead atoms. The Morgan fingerprint density at radius 1 is 1.58 bits per heavy atom. The van der Waals surface area contributed by atoms with Gasteiger partial charge in [0.25, 0.3) is 0 Å². The van der Waals surface area contributed by atoms with E-state index in [0.29, 0.717) is 5.02 Å². The van der Waals surface area contributed by atoms with Crippen molar-refractivity contribution >= 4 is 27.5 Å². The van der Waals surface area contributed by atoms with E-state index in [4.69, 9.17) is 18.2 Å². The first-order chi connectivity index (χ1) is 5.66. The van der Waals surface area contributed by atoms with Crippen molar-refractivity contribution < 1.29 is 0 Å². The Balaban J connectivity index is 3.23. The maximum absolute atomic E-state index is 6.88. The highest BCUT2D eigenvalue weighted by molar-refractivity contribution is 9.10. The van der Waals surface area contributed by atoms with Gasteiger partial charge in [0.05, 0.1) is 10.6 Å². The molecule has 0 heterocycles. The summed E-state index contributed by atoms with van der Waals surface area (Å²) in [6.45, 7) is 8.72. The molecule has 1 aromatic rings. The van der Waals surface area contributed by atoms with Crippen LogP contribution in [0.25, 0.3) is 4.85 Å². The molecule has 62 valence electrons. The molecule has 0 amide bonds. The van der Waals surface area contributed by atoms with Crippen molar-refractivity contribution in [2.45, 2.75) is 13.0 Å². The van der Waals surface area contributed by atoms with E-state index in [1.807, 2.05) is 19.1 Å². The molecule has 12 heavy (non-hydrogen) atoms. The van der Waals surface area contributed by atoms with Crippen molar-refractivity contribution in [1.29, 1.82) is 0 Å². The molecule has 0 spiro atoms. The molecule has 0 N–H and O–H groups in total. The van der Waals surface area contributed by atoms with Gasteiger partial charge in [0.1, 0.15) is 0 Å². The fourth-order valence-corrected chi connectivity index (χ4v) is 2.12. The Kier molecular flexibility index (Phi) is 3.13. The van der Waals surface area contributed by atoms with E-state index in [-0.39, 0.29) is 6.04 Å². The maximum Gasteiger partial charge on any atom is 0.248 e. The molecule has 0 saturated carbocycles. The van der Waals surface area contributed by atoms with E-state index < -0.39 is 0 Å². The van der Waals surface area contributed by atoms with Gasteiger partial charge in [-0.05, 0) is 12.1 Å². The van der Waals surface area contributed by atoms with E-state index in [0.717, 1.165) is 10.0 Å². The van der Waals surface area contributed by atoms with Crippen LogP contribution in [-0.2, 0) is 0 Å². The van der Waals surface area contributed by atoms with Gasteiger partial charge in [0.15, 0.2) is 0 Å². The largest absolute Gasteiger partial charge is 0.309 e. The van der Waals surface area contributed by atoms with E-state index in [9.17, 15) is 0 Å². The first kappa shape index (κ1) is 9.57. The SMILES string of the molecule is [C-]#[N+]C(C)c1c(Cl)cccc1Br. The minimum atomic E-state index is -0.187. The Bertz CT molecular complexity index is 310. The monoisotopic (exact) mass is 243 g/mol. The second kappa shape index (κ2) is 3.93. The average Bonchev–Trinajstić information content (AvgIpc) is 2.03. The van der Waals surface area contributed by atoms with E-state index in [1.165, 1.54) is 0 Å². The minimum absolute atomic E-state index is 0.187. The lowest BCUT2D eigenvalue weighted by molar-refractivity contribution is 0.954. The third kappa shape index (κ3) is 1.80. The van der Waals surface area contributed by atoms with Crippen LogP contribution in [0.15, 0.2) is 22.7 Å². The molecule has 3 heteroatoms. The molecule has 1 nitrogen and oxygen atoms in total. The van der Waals surface area contributed by atoms with Gasteiger partial charge in [0.2, 0.25) is 6.04 Å².